The first-order valence-corrected chi connectivity index (χ1v) is 5.56. The van der Waals surface area contributed by atoms with Gasteiger partial charge in [0.1, 0.15) is 10.6 Å². The van der Waals surface area contributed by atoms with Gasteiger partial charge in [0.25, 0.3) is 5.91 Å². The Morgan fingerprint density at radius 2 is 2.28 bits per heavy atom. The molecular weight excluding hydrogens is 256 g/mol. The second kappa shape index (κ2) is 6.03. The van der Waals surface area contributed by atoms with Gasteiger partial charge in [-0.05, 0) is 19.1 Å². The molecule has 1 rings (SSSR count). The van der Waals surface area contributed by atoms with Crippen molar-refractivity contribution in [2.75, 3.05) is 13.1 Å². The highest BCUT2D eigenvalue weighted by Crippen LogP contribution is 2.28. The molecule has 0 radical (unpaired) electrons. The largest absolute Gasteiger partial charge is 0.328 e. The molecule has 0 aliphatic heterocycles. The van der Waals surface area contributed by atoms with Gasteiger partial charge in [-0.1, -0.05) is 23.6 Å². The zero-order valence-corrected chi connectivity index (χ0v) is 10.5. The average molecular weight is 267 g/mol. The topological polar surface area (TPSA) is 63.5 Å². The molecule has 1 amide bonds. The molecule has 0 atom stereocenters. The lowest BCUT2D eigenvalue weighted by molar-refractivity contribution is -0.385. The quantitative estimate of drug-likeness (QED) is 0.477. The first kappa shape index (κ1) is 14.0. The Kier molecular flexibility index (Phi) is 4.69. The van der Waals surface area contributed by atoms with Crippen LogP contribution in [0.2, 0.25) is 5.02 Å². The lowest BCUT2D eigenvalue weighted by atomic mass is 10.1. The monoisotopic (exact) mass is 266 g/mol. The van der Waals surface area contributed by atoms with Crippen LogP contribution in [0, 0.1) is 22.5 Å². The Labute approximate surface area is 109 Å². The molecule has 0 saturated carbocycles. The number of halogens is 1. The Hall–Kier alpha value is -2.06. The highest BCUT2D eigenvalue weighted by molar-refractivity contribution is 6.33. The third kappa shape index (κ3) is 2.79. The summed E-state index contributed by atoms with van der Waals surface area (Å²) in [6, 6.07) is 4.23. The molecule has 0 fully saturated rings. The summed E-state index contributed by atoms with van der Waals surface area (Å²) in [5.74, 6) is 1.84. The third-order valence-corrected chi connectivity index (χ3v) is 2.66. The molecule has 6 heteroatoms. The fourth-order valence-electron chi connectivity index (χ4n) is 1.48. The van der Waals surface area contributed by atoms with E-state index in [1.807, 2.05) is 0 Å². The van der Waals surface area contributed by atoms with Gasteiger partial charge in [0, 0.05) is 6.54 Å². The van der Waals surface area contributed by atoms with Gasteiger partial charge in [0.05, 0.1) is 11.5 Å². The number of benzene rings is 1. The second-order valence-corrected chi connectivity index (χ2v) is 3.82. The van der Waals surface area contributed by atoms with Crippen molar-refractivity contribution in [3.63, 3.8) is 0 Å². The molecule has 0 aliphatic rings. The zero-order valence-electron chi connectivity index (χ0n) is 9.72. The molecule has 18 heavy (non-hydrogen) atoms. The number of hydrogen-bond acceptors (Lipinski definition) is 3. The van der Waals surface area contributed by atoms with Crippen LogP contribution in [0.4, 0.5) is 5.69 Å². The summed E-state index contributed by atoms with van der Waals surface area (Å²) in [6.45, 7) is 2.21. The maximum Gasteiger partial charge on any atom is 0.300 e. The Morgan fingerprint density at radius 1 is 1.61 bits per heavy atom. The van der Waals surface area contributed by atoms with Gasteiger partial charge < -0.3 is 4.90 Å². The number of hydrogen-bond donors (Lipinski definition) is 0. The number of nitro benzene ring substituents is 1. The van der Waals surface area contributed by atoms with Crippen LogP contribution in [-0.2, 0) is 0 Å². The van der Waals surface area contributed by atoms with Crippen molar-refractivity contribution in [3.8, 4) is 12.3 Å². The van der Waals surface area contributed by atoms with E-state index in [-0.39, 0.29) is 22.8 Å². The van der Waals surface area contributed by atoms with Crippen molar-refractivity contribution in [3.05, 3.63) is 38.9 Å². The van der Waals surface area contributed by atoms with Crippen molar-refractivity contribution in [1.29, 1.82) is 0 Å². The van der Waals surface area contributed by atoms with E-state index in [1.165, 1.54) is 23.1 Å². The molecule has 1 aromatic carbocycles. The third-order valence-electron chi connectivity index (χ3n) is 2.35. The lowest BCUT2D eigenvalue weighted by Crippen LogP contribution is -2.31. The van der Waals surface area contributed by atoms with E-state index in [4.69, 9.17) is 18.0 Å². The van der Waals surface area contributed by atoms with Crippen molar-refractivity contribution in [1.82, 2.24) is 4.90 Å². The normalized spacial score (nSPS) is 9.61. The van der Waals surface area contributed by atoms with Crippen LogP contribution in [-0.4, -0.2) is 28.8 Å². The molecular formula is C12H11ClN2O3. The van der Waals surface area contributed by atoms with Crippen molar-refractivity contribution in [2.45, 2.75) is 6.92 Å². The molecule has 0 spiro atoms. The summed E-state index contributed by atoms with van der Waals surface area (Å²) in [6.07, 6.45) is 5.14. The van der Waals surface area contributed by atoms with Gasteiger partial charge in [-0.25, -0.2) is 0 Å². The van der Waals surface area contributed by atoms with Gasteiger partial charge >= 0.3 is 5.69 Å². The van der Waals surface area contributed by atoms with Gasteiger partial charge in [0.15, 0.2) is 0 Å². The Morgan fingerprint density at radius 3 is 2.78 bits per heavy atom. The highest BCUT2D eigenvalue weighted by atomic mass is 35.5. The molecule has 0 unspecified atom stereocenters. The van der Waals surface area contributed by atoms with Crippen LogP contribution in [0.15, 0.2) is 18.2 Å². The van der Waals surface area contributed by atoms with Gasteiger partial charge in [-0.15, -0.1) is 6.42 Å². The molecule has 0 saturated heterocycles. The SMILES string of the molecule is C#CCN(CC)C(=O)c1cccc(Cl)c1[N+](=O)[O-]. The Balaban J connectivity index is 3.25. The lowest BCUT2D eigenvalue weighted by Gasteiger charge is -2.17. The summed E-state index contributed by atoms with van der Waals surface area (Å²) >= 11 is 5.74. The maximum absolute atomic E-state index is 12.1. The zero-order chi connectivity index (χ0) is 13.7. The van der Waals surface area contributed by atoms with E-state index in [0.717, 1.165) is 0 Å². The number of carbonyl (C=O) groups is 1. The summed E-state index contributed by atoms with van der Waals surface area (Å²) in [4.78, 5) is 23.7. The smallest absolute Gasteiger partial charge is 0.300 e. The number of nitro groups is 1. The van der Waals surface area contributed by atoms with E-state index >= 15 is 0 Å². The average Bonchev–Trinajstić information content (AvgIpc) is 2.34. The van der Waals surface area contributed by atoms with E-state index in [2.05, 4.69) is 5.92 Å². The van der Waals surface area contributed by atoms with Crippen LogP contribution >= 0.6 is 11.6 Å². The Bertz CT molecular complexity index is 523. The molecule has 0 heterocycles. The minimum atomic E-state index is -0.667. The van der Waals surface area contributed by atoms with Crippen molar-refractivity contribution < 1.29 is 9.72 Å². The second-order valence-electron chi connectivity index (χ2n) is 3.42. The van der Waals surface area contributed by atoms with Crippen molar-refractivity contribution in [2.24, 2.45) is 0 Å². The number of carbonyl (C=O) groups excluding carboxylic acids is 1. The number of nitrogens with zero attached hydrogens (tertiary/aromatic N) is 2. The summed E-state index contributed by atoms with van der Waals surface area (Å²) in [5.41, 5.74) is -0.441. The fourth-order valence-corrected chi connectivity index (χ4v) is 1.72. The van der Waals surface area contributed by atoms with Gasteiger partial charge in [-0.3, -0.25) is 14.9 Å². The van der Waals surface area contributed by atoms with E-state index in [1.54, 1.807) is 6.92 Å². The predicted octanol–water partition coefficient (Wildman–Crippen LogP) is 2.34. The summed E-state index contributed by atoms with van der Waals surface area (Å²) in [7, 11) is 0. The van der Waals surface area contributed by atoms with Gasteiger partial charge in [-0.2, -0.15) is 0 Å². The van der Waals surface area contributed by atoms with Crippen molar-refractivity contribution >= 4 is 23.2 Å². The molecule has 0 aliphatic carbocycles. The standard InChI is InChI=1S/C12H11ClN2O3/c1-3-8-14(4-2)12(16)9-6-5-7-10(13)11(9)15(17)18/h1,5-7H,4,8H2,2H3. The van der Waals surface area contributed by atoms with E-state index in [9.17, 15) is 14.9 Å². The van der Waals surface area contributed by atoms with Crippen LogP contribution < -0.4 is 0 Å². The van der Waals surface area contributed by atoms with E-state index < -0.39 is 10.8 Å². The van der Waals surface area contributed by atoms with E-state index in [0.29, 0.717) is 6.54 Å². The number of amides is 1. The predicted molar refractivity (Wildman–Crippen MR) is 68.5 cm³/mol. The molecule has 0 N–H and O–H groups in total. The van der Waals surface area contributed by atoms with Crippen LogP contribution in [0.3, 0.4) is 0 Å². The number of rotatable bonds is 4. The molecule has 0 bridgehead atoms. The minimum Gasteiger partial charge on any atom is -0.328 e. The number of terminal acetylenes is 1. The molecule has 5 nitrogen and oxygen atoms in total. The molecule has 1 aromatic rings. The summed E-state index contributed by atoms with van der Waals surface area (Å²) in [5, 5.41) is 10.9. The first-order chi connectivity index (χ1) is 8.52. The molecule has 0 aromatic heterocycles. The minimum absolute atomic E-state index is 0.0513. The molecule has 94 valence electrons. The van der Waals surface area contributed by atoms with Crippen LogP contribution in [0.25, 0.3) is 0 Å². The van der Waals surface area contributed by atoms with Crippen LogP contribution in [0.1, 0.15) is 17.3 Å². The van der Waals surface area contributed by atoms with Crippen LogP contribution in [0.5, 0.6) is 0 Å². The first-order valence-electron chi connectivity index (χ1n) is 5.18. The summed E-state index contributed by atoms with van der Waals surface area (Å²) < 4.78 is 0. The maximum atomic E-state index is 12.1. The van der Waals surface area contributed by atoms with Gasteiger partial charge in [0.2, 0.25) is 0 Å². The number of para-hydroxylation sites is 1. The fraction of sp³-hybridized carbons (Fsp3) is 0.250. The highest BCUT2D eigenvalue weighted by Gasteiger charge is 2.26.